The maximum absolute atomic E-state index is 10.4. The van der Waals surface area contributed by atoms with E-state index in [-0.39, 0.29) is 19.8 Å². The third-order valence-electron chi connectivity index (χ3n) is 0.745. The molecule has 6 nitrogen and oxygen atoms in total. The molecule has 72 valence electrons. The van der Waals surface area contributed by atoms with Crippen LogP contribution in [-0.2, 0) is 25.0 Å². The normalized spacial score (nSPS) is 12.2. The molecule has 0 aromatic carbocycles. The number of carbonyl (C=O) groups is 1. The summed E-state index contributed by atoms with van der Waals surface area (Å²) < 4.78 is 32.4. The molecule has 0 aliphatic rings. The van der Waals surface area contributed by atoms with Crippen LogP contribution in [0.25, 0.3) is 0 Å². The van der Waals surface area contributed by atoms with E-state index in [1.807, 2.05) is 0 Å². The van der Waals surface area contributed by atoms with Crippen molar-refractivity contribution in [3.05, 3.63) is 0 Å². The lowest BCUT2D eigenvalue weighted by Gasteiger charge is -2.06. The van der Waals surface area contributed by atoms with E-state index in [4.69, 9.17) is 0 Å². The zero-order valence-electron chi connectivity index (χ0n) is 6.48. The molecule has 0 heterocycles. The Labute approximate surface area is 72.3 Å². The van der Waals surface area contributed by atoms with Crippen molar-refractivity contribution < 1.29 is 27.2 Å². The highest BCUT2D eigenvalue weighted by molar-refractivity contribution is 7.74. The summed E-state index contributed by atoms with van der Waals surface area (Å²) in [6.07, 6.45) is -0.835. The number of carbonyl (C=O) groups excluding carboxylic acids is 1. The van der Waals surface area contributed by atoms with Crippen molar-refractivity contribution in [3.63, 3.8) is 0 Å². The summed E-state index contributed by atoms with van der Waals surface area (Å²) in [6, 6.07) is 0. The van der Waals surface area contributed by atoms with Crippen molar-refractivity contribution in [2.24, 2.45) is 0 Å². The molecule has 0 aromatic heterocycles. The van der Waals surface area contributed by atoms with E-state index in [0.29, 0.717) is 0 Å². The van der Waals surface area contributed by atoms with Crippen molar-refractivity contribution in [3.8, 4) is 0 Å². The third-order valence-corrected chi connectivity index (χ3v) is 1.10. The zero-order chi connectivity index (χ0) is 9.40. The molecule has 0 fully saturated rings. The van der Waals surface area contributed by atoms with Gasteiger partial charge in [-0.25, -0.2) is 9.00 Å². The molecule has 7 heteroatoms. The Bertz CT molecular complexity index is 158. The van der Waals surface area contributed by atoms with Crippen LogP contribution in [0, 0.1) is 0 Å². The number of hydrogen-bond acceptors (Lipinski definition) is 6. The fraction of sp³-hybridized carbons (Fsp3) is 0.800. The van der Waals surface area contributed by atoms with Crippen molar-refractivity contribution in [2.45, 2.75) is 6.92 Å². The Morgan fingerprint density at radius 3 is 2.58 bits per heavy atom. The van der Waals surface area contributed by atoms with Gasteiger partial charge in [-0.15, -0.1) is 0 Å². The Morgan fingerprint density at radius 1 is 1.42 bits per heavy atom. The largest absolute Gasteiger partial charge is 0.750 e. The monoisotopic (exact) mass is 197 g/mol. The van der Waals surface area contributed by atoms with Gasteiger partial charge in [0, 0.05) is 0 Å². The second-order valence-electron chi connectivity index (χ2n) is 1.56. The van der Waals surface area contributed by atoms with E-state index in [2.05, 4.69) is 13.7 Å². The first-order valence-corrected chi connectivity index (χ1v) is 4.19. The molecule has 0 saturated carbocycles. The standard InChI is InChI=1S/C5H10O6S/c1-2-9-5(6)10-3-4-11-12(7)8/h2-4H2,1H3,(H,7,8)/p-1. The topological polar surface area (TPSA) is 84.9 Å². The first-order valence-electron chi connectivity index (χ1n) is 3.19. The molecule has 0 amide bonds. The molecule has 0 aromatic rings. The van der Waals surface area contributed by atoms with E-state index in [9.17, 15) is 13.6 Å². The van der Waals surface area contributed by atoms with Gasteiger partial charge in [-0.05, 0) is 6.92 Å². The van der Waals surface area contributed by atoms with Gasteiger partial charge in [0.05, 0.1) is 24.6 Å². The molecule has 0 saturated heterocycles. The molecule has 0 radical (unpaired) electrons. The van der Waals surface area contributed by atoms with Gasteiger partial charge < -0.3 is 14.0 Å². The quantitative estimate of drug-likeness (QED) is 0.349. The summed E-state index contributed by atoms with van der Waals surface area (Å²) in [5.41, 5.74) is 0. The smallest absolute Gasteiger partial charge is 0.508 e. The first kappa shape index (κ1) is 11.3. The summed E-state index contributed by atoms with van der Waals surface area (Å²) in [4.78, 5) is 10.4. The molecular formula is C5H9O6S-. The van der Waals surface area contributed by atoms with Gasteiger partial charge in [-0.3, -0.25) is 4.18 Å². The molecule has 0 aliphatic heterocycles. The summed E-state index contributed by atoms with van der Waals surface area (Å²) in [5.74, 6) is 0. The predicted octanol–water partition coefficient (Wildman–Crippen LogP) is -0.0298. The minimum Gasteiger partial charge on any atom is -0.750 e. The average molecular weight is 197 g/mol. The van der Waals surface area contributed by atoms with Crippen LogP contribution in [0.2, 0.25) is 0 Å². The molecule has 0 rings (SSSR count). The first-order chi connectivity index (χ1) is 5.66. The molecule has 0 spiro atoms. The van der Waals surface area contributed by atoms with Gasteiger partial charge in [-0.1, -0.05) is 0 Å². The highest BCUT2D eigenvalue weighted by Crippen LogP contribution is 1.86. The number of ether oxygens (including phenoxy) is 2. The van der Waals surface area contributed by atoms with Crippen molar-refractivity contribution in [2.75, 3.05) is 19.8 Å². The van der Waals surface area contributed by atoms with Gasteiger partial charge in [0.2, 0.25) is 0 Å². The molecule has 0 aliphatic carbocycles. The average Bonchev–Trinajstić information content (AvgIpc) is 1.98. The van der Waals surface area contributed by atoms with Crippen LogP contribution in [0.1, 0.15) is 6.92 Å². The van der Waals surface area contributed by atoms with E-state index in [0.717, 1.165) is 0 Å². The van der Waals surface area contributed by atoms with Crippen LogP contribution in [-0.4, -0.2) is 34.7 Å². The Balaban J connectivity index is 3.19. The predicted molar refractivity (Wildman–Crippen MR) is 37.8 cm³/mol. The van der Waals surface area contributed by atoms with E-state index in [1.54, 1.807) is 6.92 Å². The fourth-order valence-electron chi connectivity index (χ4n) is 0.387. The maximum atomic E-state index is 10.4. The van der Waals surface area contributed by atoms with Crippen LogP contribution >= 0.6 is 0 Å². The van der Waals surface area contributed by atoms with Gasteiger partial charge in [-0.2, -0.15) is 0 Å². The van der Waals surface area contributed by atoms with E-state index >= 15 is 0 Å². The summed E-state index contributed by atoms with van der Waals surface area (Å²) in [6.45, 7) is 1.50. The van der Waals surface area contributed by atoms with Gasteiger partial charge in [0.25, 0.3) is 0 Å². The van der Waals surface area contributed by atoms with Crippen LogP contribution < -0.4 is 0 Å². The molecule has 1 unspecified atom stereocenters. The van der Waals surface area contributed by atoms with Crippen LogP contribution in [0.4, 0.5) is 4.79 Å². The fourth-order valence-corrected chi connectivity index (χ4v) is 0.591. The minimum absolute atomic E-state index is 0.146. The molecule has 1 atom stereocenters. The minimum atomic E-state index is -2.57. The van der Waals surface area contributed by atoms with E-state index in [1.165, 1.54) is 0 Å². The van der Waals surface area contributed by atoms with Crippen molar-refractivity contribution in [1.82, 2.24) is 0 Å². The molecule has 12 heavy (non-hydrogen) atoms. The Morgan fingerprint density at radius 2 is 2.08 bits per heavy atom. The summed E-state index contributed by atoms with van der Waals surface area (Å²) >= 11 is -2.57. The van der Waals surface area contributed by atoms with Gasteiger partial charge in [0.1, 0.15) is 6.61 Å². The second-order valence-corrected chi connectivity index (χ2v) is 2.20. The third kappa shape index (κ3) is 7.45. The summed E-state index contributed by atoms with van der Waals surface area (Å²) in [7, 11) is 0. The second kappa shape index (κ2) is 7.01. The van der Waals surface area contributed by atoms with Crippen LogP contribution in [0.5, 0.6) is 0 Å². The van der Waals surface area contributed by atoms with Crippen LogP contribution in [0.15, 0.2) is 0 Å². The number of hydrogen-bond donors (Lipinski definition) is 0. The van der Waals surface area contributed by atoms with E-state index < -0.39 is 17.5 Å². The lowest BCUT2D eigenvalue weighted by atomic mass is 10.8. The maximum Gasteiger partial charge on any atom is 0.508 e. The molecular weight excluding hydrogens is 188 g/mol. The van der Waals surface area contributed by atoms with Gasteiger partial charge in [0.15, 0.2) is 0 Å². The Hall–Kier alpha value is -0.660. The highest BCUT2D eigenvalue weighted by Gasteiger charge is 2.00. The number of rotatable bonds is 5. The summed E-state index contributed by atoms with van der Waals surface area (Å²) in [5, 5.41) is 0. The lowest BCUT2D eigenvalue weighted by molar-refractivity contribution is 0.0497. The zero-order valence-corrected chi connectivity index (χ0v) is 7.30. The SMILES string of the molecule is CCOC(=O)OCCOS(=O)[O-]. The highest BCUT2D eigenvalue weighted by atomic mass is 32.2. The Kier molecular flexibility index (Phi) is 6.63. The molecule has 0 N–H and O–H groups in total. The van der Waals surface area contributed by atoms with Gasteiger partial charge >= 0.3 is 6.16 Å². The van der Waals surface area contributed by atoms with Crippen LogP contribution in [0.3, 0.4) is 0 Å². The van der Waals surface area contributed by atoms with Crippen molar-refractivity contribution >= 4 is 17.5 Å². The lowest BCUT2D eigenvalue weighted by Crippen LogP contribution is -2.12. The van der Waals surface area contributed by atoms with Crippen molar-refractivity contribution in [1.29, 1.82) is 0 Å². The molecule has 0 bridgehead atoms.